The molecule has 0 aromatic heterocycles. The lowest BCUT2D eigenvalue weighted by Crippen LogP contribution is -2.08. The van der Waals surface area contributed by atoms with Gasteiger partial charge >= 0.3 is 5.97 Å². The standard InChI is InChI=1S/C24H20O5/c1-27-20-11-6-17(7-12-20)8-15-23(25)18-9-13-21(14-10-18)29-24(26)19-4-3-5-22(16-19)28-2/h3-16H,1-2H3. The van der Waals surface area contributed by atoms with E-state index in [4.69, 9.17) is 14.2 Å². The van der Waals surface area contributed by atoms with E-state index in [1.54, 1.807) is 61.7 Å². The predicted molar refractivity (Wildman–Crippen MR) is 111 cm³/mol. The highest BCUT2D eigenvalue weighted by molar-refractivity contribution is 6.06. The molecule has 0 spiro atoms. The lowest BCUT2D eigenvalue weighted by Gasteiger charge is -2.06. The molecule has 0 aliphatic carbocycles. The first kappa shape index (κ1) is 19.9. The minimum absolute atomic E-state index is 0.147. The fourth-order valence-corrected chi connectivity index (χ4v) is 2.59. The molecule has 0 N–H and O–H groups in total. The first-order chi connectivity index (χ1) is 14.1. The van der Waals surface area contributed by atoms with Crippen molar-refractivity contribution in [1.82, 2.24) is 0 Å². The smallest absolute Gasteiger partial charge is 0.343 e. The summed E-state index contributed by atoms with van der Waals surface area (Å²) in [6, 6.07) is 20.5. The molecule has 0 fully saturated rings. The Hall–Kier alpha value is -3.86. The summed E-state index contributed by atoms with van der Waals surface area (Å²) in [6.07, 6.45) is 3.23. The highest BCUT2D eigenvalue weighted by atomic mass is 16.5. The Morgan fingerprint density at radius 1 is 0.724 bits per heavy atom. The second kappa shape index (κ2) is 9.37. The summed E-state index contributed by atoms with van der Waals surface area (Å²) in [6.45, 7) is 0. The van der Waals surface area contributed by atoms with E-state index in [1.165, 1.54) is 13.2 Å². The molecule has 3 aromatic rings. The maximum atomic E-state index is 12.3. The van der Waals surface area contributed by atoms with Crippen molar-refractivity contribution in [2.75, 3.05) is 14.2 Å². The van der Waals surface area contributed by atoms with Crippen LogP contribution in [0.5, 0.6) is 17.2 Å². The minimum atomic E-state index is -0.498. The molecule has 0 saturated heterocycles. The van der Waals surface area contributed by atoms with Gasteiger partial charge in [0.25, 0.3) is 0 Å². The van der Waals surface area contributed by atoms with Crippen LogP contribution in [0.15, 0.2) is 78.9 Å². The number of esters is 1. The number of ether oxygens (including phenoxy) is 3. The van der Waals surface area contributed by atoms with E-state index in [9.17, 15) is 9.59 Å². The molecule has 3 aromatic carbocycles. The second-order valence-corrected chi connectivity index (χ2v) is 6.12. The quantitative estimate of drug-likeness (QED) is 0.251. The third-order valence-corrected chi connectivity index (χ3v) is 4.20. The average molecular weight is 388 g/mol. The van der Waals surface area contributed by atoms with Gasteiger partial charge in [0.05, 0.1) is 19.8 Å². The van der Waals surface area contributed by atoms with Gasteiger partial charge in [-0.15, -0.1) is 0 Å². The van der Waals surface area contributed by atoms with Crippen molar-refractivity contribution in [1.29, 1.82) is 0 Å². The zero-order valence-electron chi connectivity index (χ0n) is 16.1. The van der Waals surface area contributed by atoms with Crippen molar-refractivity contribution < 1.29 is 23.8 Å². The molecule has 3 rings (SSSR count). The third kappa shape index (κ3) is 5.32. The second-order valence-electron chi connectivity index (χ2n) is 6.12. The van der Waals surface area contributed by atoms with Crippen LogP contribution in [-0.2, 0) is 0 Å². The molecule has 5 nitrogen and oxygen atoms in total. The van der Waals surface area contributed by atoms with Crippen LogP contribution >= 0.6 is 0 Å². The number of ketones is 1. The van der Waals surface area contributed by atoms with Gasteiger partial charge in [0, 0.05) is 5.56 Å². The van der Waals surface area contributed by atoms with Gasteiger partial charge < -0.3 is 14.2 Å². The van der Waals surface area contributed by atoms with Crippen molar-refractivity contribution in [2.45, 2.75) is 0 Å². The Balaban J connectivity index is 1.63. The van der Waals surface area contributed by atoms with Gasteiger partial charge in [0.1, 0.15) is 17.2 Å². The zero-order chi connectivity index (χ0) is 20.6. The normalized spacial score (nSPS) is 10.6. The van der Waals surface area contributed by atoms with Gasteiger partial charge in [-0.3, -0.25) is 4.79 Å². The Kier molecular flexibility index (Phi) is 6.43. The molecular weight excluding hydrogens is 368 g/mol. The summed E-state index contributed by atoms with van der Waals surface area (Å²) in [5.74, 6) is 1.04. The summed E-state index contributed by atoms with van der Waals surface area (Å²) in [5.41, 5.74) is 1.77. The van der Waals surface area contributed by atoms with Gasteiger partial charge in [0.15, 0.2) is 5.78 Å². The van der Waals surface area contributed by atoms with Crippen LogP contribution in [0.4, 0.5) is 0 Å². The molecule has 0 aliphatic rings. The van der Waals surface area contributed by atoms with Crippen LogP contribution in [0.2, 0.25) is 0 Å². The summed E-state index contributed by atoms with van der Waals surface area (Å²) in [5, 5.41) is 0. The summed E-state index contributed by atoms with van der Waals surface area (Å²) in [4.78, 5) is 24.6. The lowest BCUT2D eigenvalue weighted by atomic mass is 10.1. The number of rotatable bonds is 7. The van der Waals surface area contributed by atoms with Gasteiger partial charge in [-0.25, -0.2) is 4.79 Å². The highest BCUT2D eigenvalue weighted by Crippen LogP contribution is 2.18. The van der Waals surface area contributed by atoms with Crippen molar-refractivity contribution in [2.24, 2.45) is 0 Å². The zero-order valence-corrected chi connectivity index (χ0v) is 16.1. The molecule has 5 heteroatoms. The number of allylic oxidation sites excluding steroid dienone is 1. The number of carbonyl (C=O) groups excluding carboxylic acids is 2. The van der Waals surface area contributed by atoms with Crippen molar-refractivity contribution in [3.05, 3.63) is 95.6 Å². The SMILES string of the molecule is COc1ccc(C=CC(=O)c2ccc(OC(=O)c3cccc(OC)c3)cc2)cc1. The maximum Gasteiger partial charge on any atom is 0.343 e. The number of methoxy groups -OCH3 is 2. The molecule has 0 radical (unpaired) electrons. The van der Waals surface area contributed by atoms with E-state index >= 15 is 0 Å². The summed E-state index contributed by atoms with van der Waals surface area (Å²) >= 11 is 0. The molecule has 0 amide bonds. The Labute approximate surface area is 169 Å². The van der Waals surface area contributed by atoms with Crippen LogP contribution in [0, 0.1) is 0 Å². The molecule has 0 saturated carbocycles. The van der Waals surface area contributed by atoms with Crippen LogP contribution in [0.1, 0.15) is 26.3 Å². The first-order valence-corrected chi connectivity index (χ1v) is 8.92. The molecular formula is C24H20O5. The molecule has 0 aliphatic heterocycles. The van der Waals surface area contributed by atoms with Crippen LogP contribution < -0.4 is 14.2 Å². The number of hydrogen-bond donors (Lipinski definition) is 0. The Morgan fingerprint density at radius 2 is 1.38 bits per heavy atom. The fourth-order valence-electron chi connectivity index (χ4n) is 2.59. The topological polar surface area (TPSA) is 61.8 Å². The van der Waals surface area contributed by atoms with E-state index in [-0.39, 0.29) is 5.78 Å². The third-order valence-electron chi connectivity index (χ3n) is 4.20. The minimum Gasteiger partial charge on any atom is -0.497 e. The molecule has 0 atom stereocenters. The van der Waals surface area contributed by atoms with Gasteiger partial charge in [-0.05, 0) is 66.2 Å². The van der Waals surface area contributed by atoms with Gasteiger partial charge in [-0.1, -0.05) is 24.3 Å². The van der Waals surface area contributed by atoms with Crippen LogP contribution in [0.3, 0.4) is 0 Å². The Bertz CT molecular complexity index is 1020. The summed E-state index contributed by atoms with van der Waals surface area (Å²) < 4.78 is 15.6. The van der Waals surface area contributed by atoms with E-state index in [0.717, 1.165) is 11.3 Å². The first-order valence-electron chi connectivity index (χ1n) is 8.92. The fraction of sp³-hybridized carbons (Fsp3) is 0.0833. The maximum absolute atomic E-state index is 12.3. The van der Waals surface area contributed by atoms with E-state index in [0.29, 0.717) is 22.6 Å². The highest BCUT2D eigenvalue weighted by Gasteiger charge is 2.10. The molecule has 0 unspecified atom stereocenters. The molecule has 0 bridgehead atoms. The van der Waals surface area contributed by atoms with E-state index in [1.807, 2.05) is 24.3 Å². The number of carbonyl (C=O) groups is 2. The molecule has 146 valence electrons. The largest absolute Gasteiger partial charge is 0.497 e. The summed E-state index contributed by atoms with van der Waals surface area (Å²) in [7, 11) is 3.13. The van der Waals surface area contributed by atoms with Gasteiger partial charge in [0.2, 0.25) is 0 Å². The van der Waals surface area contributed by atoms with Crippen LogP contribution in [0.25, 0.3) is 6.08 Å². The monoisotopic (exact) mass is 388 g/mol. The Morgan fingerprint density at radius 3 is 2.03 bits per heavy atom. The number of benzene rings is 3. The molecule has 29 heavy (non-hydrogen) atoms. The van der Waals surface area contributed by atoms with Crippen molar-refractivity contribution in [3.63, 3.8) is 0 Å². The number of hydrogen-bond acceptors (Lipinski definition) is 5. The lowest BCUT2D eigenvalue weighted by molar-refractivity contribution is 0.0734. The van der Waals surface area contributed by atoms with E-state index in [2.05, 4.69) is 0 Å². The molecule has 0 heterocycles. The van der Waals surface area contributed by atoms with Crippen molar-refractivity contribution in [3.8, 4) is 17.2 Å². The van der Waals surface area contributed by atoms with Gasteiger partial charge in [-0.2, -0.15) is 0 Å². The van der Waals surface area contributed by atoms with E-state index < -0.39 is 5.97 Å². The predicted octanol–water partition coefficient (Wildman–Crippen LogP) is 4.82. The van der Waals surface area contributed by atoms with Crippen LogP contribution in [-0.4, -0.2) is 26.0 Å². The van der Waals surface area contributed by atoms with Crippen molar-refractivity contribution >= 4 is 17.8 Å². The average Bonchev–Trinajstić information content (AvgIpc) is 2.78.